The second-order valence-corrected chi connectivity index (χ2v) is 11.7. The number of piperidine rings is 1. The van der Waals surface area contributed by atoms with Crippen molar-refractivity contribution >= 4 is 33.6 Å². The van der Waals surface area contributed by atoms with Gasteiger partial charge in [0.2, 0.25) is 15.9 Å². The molecule has 1 saturated carbocycles. The third-order valence-electron chi connectivity index (χ3n) is 7.34. The summed E-state index contributed by atoms with van der Waals surface area (Å²) in [5.41, 5.74) is -0.333. The molecule has 2 N–H and O–H groups in total. The lowest BCUT2D eigenvalue weighted by atomic mass is 9.82. The highest BCUT2D eigenvalue weighted by Crippen LogP contribution is 2.34. The van der Waals surface area contributed by atoms with E-state index in [1.165, 1.54) is 12.1 Å². The van der Waals surface area contributed by atoms with Gasteiger partial charge in [-0.3, -0.25) is 14.5 Å². The summed E-state index contributed by atoms with van der Waals surface area (Å²) >= 11 is 0. The van der Waals surface area contributed by atoms with Gasteiger partial charge in [-0.15, -0.1) is 0 Å². The second-order valence-electron chi connectivity index (χ2n) is 9.82. The Kier molecular flexibility index (Phi) is 7.00. The van der Waals surface area contributed by atoms with Crippen molar-refractivity contribution in [1.29, 1.82) is 0 Å². The van der Waals surface area contributed by atoms with E-state index >= 15 is 0 Å². The van der Waals surface area contributed by atoms with Gasteiger partial charge in [0.1, 0.15) is 5.54 Å². The van der Waals surface area contributed by atoms with E-state index in [2.05, 4.69) is 10.6 Å². The van der Waals surface area contributed by atoms with Crippen LogP contribution in [-0.4, -0.2) is 59.6 Å². The standard InChI is InChI=1S/C24H34N4O5S/c1-17-7-6-8-18(2)28(17)34(32,33)20-11-9-19(10-12-20)25-21(29)13-16-27-22(30)24(26-23(27)31)14-4-3-5-15-24/h9-12,17-18H,3-8,13-16H2,1-2H3,(H,25,29)(H,26,31)/t17-,18+. The number of carbonyl (C=O) groups is 3. The van der Waals surface area contributed by atoms with E-state index in [1.54, 1.807) is 16.4 Å². The van der Waals surface area contributed by atoms with Crippen molar-refractivity contribution < 1.29 is 22.8 Å². The van der Waals surface area contributed by atoms with Gasteiger partial charge in [-0.2, -0.15) is 4.31 Å². The van der Waals surface area contributed by atoms with Crippen molar-refractivity contribution in [1.82, 2.24) is 14.5 Å². The maximum atomic E-state index is 13.1. The molecule has 2 atom stereocenters. The fourth-order valence-electron chi connectivity index (χ4n) is 5.51. The van der Waals surface area contributed by atoms with Gasteiger partial charge in [0.15, 0.2) is 0 Å². The molecule has 2 heterocycles. The van der Waals surface area contributed by atoms with Crippen LogP contribution in [0.3, 0.4) is 0 Å². The zero-order valence-corrected chi connectivity index (χ0v) is 20.7. The minimum Gasteiger partial charge on any atom is -0.326 e. The molecule has 0 bridgehead atoms. The lowest BCUT2D eigenvalue weighted by Gasteiger charge is -2.37. The number of nitrogens with zero attached hydrogens (tertiary/aromatic N) is 2. The molecule has 4 amide bonds. The Hall–Kier alpha value is -2.46. The van der Waals surface area contributed by atoms with Crippen LogP contribution in [0.15, 0.2) is 29.2 Å². The summed E-state index contributed by atoms with van der Waals surface area (Å²) in [7, 11) is -3.62. The molecule has 1 aromatic rings. The summed E-state index contributed by atoms with van der Waals surface area (Å²) in [4.78, 5) is 39.0. The Morgan fingerprint density at radius 1 is 1.03 bits per heavy atom. The highest BCUT2D eigenvalue weighted by Gasteiger charge is 2.51. The predicted octanol–water partition coefficient (Wildman–Crippen LogP) is 3.22. The topological polar surface area (TPSA) is 116 Å². The van der Waals surface area contributed by atoms with Crippen LogP contribution < -0.4 is 10.6 Å². The number of benzene rings is 1. The summed E-state index contributed by atoms with van der Waals surface area (Å²) in [5, 5.41) is 5.57. The number of hydrogen-bond donors (Lipinski definition) is 2. The molecule has 2 aliphatic heterocycles. The molecule has 1 aromatic carbocycles. The molecule has 2 saturated heterocycles. The van der Waals surface area contributed by atoms with Crippen molar-refractivity contribution in [3.63, 3.8) is 0 Å². The normalized spacial score (nSPS) is 25.4. The summed E-state index contributed by atoms with van der Waals surface area (Å²) in [5.74, 6) is -0.584. The monoisotopic (exact) mass is 490 g/mol. The largest absolute Gasteiger partial charge is 0.326 e. The summed E-state index contributed by atoms with van der Waals surface area (Å²) in [6, 6.07) is 5.60. The number of nitrogens with one attached hydrogen (secondary N) is 2. The van der Waals surface area contributed by atoms with Crippen LogP contribution in [0.4, 0.5) is 10.5 Å². The number of hydrogen-bond acceptors (Lipinski definition) is 5. The number of carbonyl (C=O) groups excluding carboxylic acids is 3. The Balaban J connectivity index is 1.34. The minimum absolute atomic E-state index is 0.00937. The van der Waals surface area contributed by atoms with Crippen LogP contribution in [-0.2, 0) is 19.6 Å². The number of sulfonamides is 1. The average molecular weight is 491 g/mol. The van der Waals surface area contributed by atoms with E-state index in [0.29, 0.717) is 18.5 Å². The summed E-state index contributed by atoms with van der Waals surface area (Å²) in [6.07, 6.45) is 6.83. The quantitative estimate of drug-likeness (QED) is 0.594. The maximum absolute atomic E-state index is 13.1. The highest BCUT2D eigenvalue weighted by molar-refractivity contribution is 7.89. The van der Waals surface area contributed by atoms with E-state index in [4.69, 9.17) is 0 Å². The Bertz CT molecular complexity index is 1040. The molecule has 10 heteroatoms. The first kappa shape index (κ1) is 24.7. The third-order valence-corrected chi connectivity index (χ3v) is 9.48. The van der Waals surface area contributed by atoms with Gasteiger partial charge in [-0.1, -0.05) is 25.7 Å². The second kappa shape index (κ2) is 9.65. The number of rotatable bonds is 6. The molecule has 186 valence electrons. The van der Waals surface area contributed by atoms with E-state index < -0.39 is 21.6 Å². The van der Waals surface area contributed by atoms with Crippen molar-refractivity contribution in [2.45, 2.75) is 94.2 Å². The number of imide groups is 1. The molecular formula is C24H34N4O5S. The molecule has 0 unspecified atom stereocenters. The lowest BCUT2D eigenvalue weighted by Crippen LogP contribution is -2.48. The molecule has 3 fully saturated rings. The number of anilines is 1. The Morgan fingerprint density at radius 2 is 1.65 bits per heavy atom. The number of urea groups is 1. The van der Waals surface area contributed by atoms with Crippen molar-refractivity contribution in [2.24, 2.45) is 0 Å². The van der Waals surface area contributed by atoms with E-state index in [-0.39, 0.29) is 41.8 Å². The van der Waals surface area contributed by atoms with Gasteiger partial charge < -0.3 is 10.6 Å². The Labute approximate surface area is 201 Å². The molecule has 4 rings (SSSR count). The zero-order chi connectivity index (χ0) is 24.5. The zero-order valence-electron chi connectivity index (χ0n) is 19.9. The molecule has 0 aromatic heterocycles. The van der Waals surface area contributed by atoms with Crippen molar-refractivity contribution in [3.8, 4) is 0 Å². The van der Waals surface area contributed by atoms with Crippen LogP contribution in [0.5, 0.6) is 0 Å². The minimum atomic E-state index is -3.62. The van der Waals surface area contributed by atoms with Crippen LogP contribution in [0.25, 0.3) is 0 Å². The molecule has 9 nitrogen and oxygen atoms in total. The fraction of sp³-hybridized carbons (Fsp3) is 0.625. The smallest absolute Gasteiger partial charge is 0.325 e. The van der Waals surface area contributed by atoms with E-state index in [1.807, 2.05) is 13.8 Å². The van der Waals surface area contributed by atoms with Gasteiger partial charge in [0.05, 0.1) is 4.90 Å². The van der Waals surface area contributed by atoms with Gasteiger partial charge in [0, 0.05) is 30.7 Å². The highest BCUT2D eigenvalue weighted by atomic mass is 32.2. The maximum Gasteiger partial charge on any atom is 0.325 e. The fourth-order valence-corrected chi connectivity index (χ4v) is 7.40. The number of amides is 4. The van der Waals surface area contributed by atoms with Crippen LogP contribution >= 0.6 is 0 Å². The SMILES string of the molecule is C[C@@H]1CCC[C@H](C)N1S(=O)(=O)c1ccc(NC(=O)CCN2C(=O)NC3(CCCCC3)C2=O)cc1. The van der Waals surface area contributed by atoms with Crippen LogP contribution in [0.1, 0.15) is 71.6 Å². The molecule has 0 radical (unpaired) electrons. The van der Waals surface area contributed by atoms with Crippen LogP contribution in [0, 0.1) is 0 Å². The van der Waals surface area contributed by atoms with E-state index in [0.717, 1.165) is 43.4 Å². The van der Waals surface area contributed by atoms with Gasteiger partial charge in [0.25, 0.3) is 5.91 Å². The van der Waals surface area contributed by atoms with Crippen LogP contribution in [0.2, 0.25) is 0 Å². The van der Waals surface area contributed by atoms with Crippen molar-refractivity contribution in [3.05, 3.63) is 24.3 Å². The first-order valence-corrected chi connectivity index (χ1v) is 13.7. The first-order valence-electron chi connectivity index (χ1n) is 12.2. The van der Waals surface area contributed by atoms with Crippen molar-refractivity contribution in [2.75, 3.05) is 11.9 Å². The molecule has 34 heavy (non-hydrogen) atoms. The average Bonchev–Trinajstić information content (AvgIpc) is 3.01. The molecular weight excluding hydrogens is 456 g/mol. The van der Waals surface area contributed by atoms with E-state index in [9.17, 15) is 22.8 Å². The summed E-state index contributed by atoms with van der Waals surface area (Å²) in [6.45, 7) is 3.88. The molecule has 1 spiro atoms. The predicted molar refractivity (Wildman–Crippen MR) is 128 cm³/mol. The lowest BCUT2D eigenvalue weighted by molar-refractivity contribution is -0.132. The third kappa shape index (κ3) is 4.70. The first-order chi connectivity index (χ1) is 16.1. The molecule has 3 aliphatic rings. The van der Waals surface area contributed by atoms with Gasteiger partial charge >= 0.3 is 6.03 Å². The van der Waals surface area contributed by atoms with Gasteiger partial charge in [-0.05, 0) is 63.8 Å². The van der Waals surface area contributed by atoms with Gasteiger partial charge in [-0.25, -0.2) is 13.2 Å². The molecule has 1 aliphatic carbocycles. The Morgan fingerprint density at radius 3 is 2.26 bits per heavy atom. The summed E-state index contributed by atoms with van der Waals surface area (Å²) < 4.78 is 27.9.